The van der Waals surface area contributed by atoms with Crippen LogP contribution in [0.15, 0.2) is 12.1 Å². The number of nitrogens with one attached hydrogen (secondary N) is 1. The first-order valence-corrected chi connectivity index (χ1v) is 6.90. The highest BCUT2D eigenvalue weighted by molar-refractivity contribution is 6.13. The summed E-state index contributed by atoms with van der Waals surface area (Å²) in [5, 5.41) is 3.03. The molecule has 4 nitrogen and oxygen atoms in total. The lowest BCUT2D eigenvalue weighted by Gasteiger charge is -2.29. The topological polar surface area (TPSA) is 41.6 Å². The Morgan fingerprint density at radius 3 is 2.95 bits per heavy atom. The normalized spacial score (nSPS) is 25.7. The van der Waals surface area contributed by atoms with Gasteiger partial charge in [0.25, 0.3) is 5.91 Å². The van der Waals surface area contributed by atoms with E-state index in [9.17, 15) is 4.79 Å². The summed E-state index contributed by atoms with van der Waals surface area (Å²) in [6.45, 7) is 3.55. The van der Waals surface area contributed by atoms with Crippen LogP contribution in [0.5, 0.6) is 5.75 Å². The number of hydrogen-bond donors (Lipinski definition) is 1. The molecule has 5 heteroatoms. The minimum Gasteiger partial charge on any atom is -0.496 e. The quantitative estimate of drug-likeness (QED) is 0.842. The van der Waals surface area contributed by atoms with E-state index in [2.05, 4.69) is 18.3 Å². The molecule has 19 heavy (non-hydrogen) atoms. The van der Waals surface area contributed by atoms with Crippen molar-refractivity contribution in [1.29, 1.82) is 0 Å². The van der Waals surface area contributed by atoms with E-state index in [1.807, 2.05) is 6.07 Å². The first-order chi connectivity index (χ1) is 9.13. The zero-order valence-corrected chi connectivity index (χ0v) is 11.8. The minimum absolute atomic E-state index is 0.0530. The van der Waals surface area contributed by atoms with E-state index in [0.29, 0.717) is 17.9 Å². The summed E-state index contributed by atoms with van der Waals surface area (Å²) >= 11 is 6.10. The van der Waals surface area contributed by atoms with Crippen molar-refractivity contribution in [3.63, 3.8) is 0 Å². The summed E-state index contributed by atoms with van der Waals surface area (Å²) in [7, 11) is 1.61. The molecule has 0 spiro atoms. The second kappa shape index (κ2) is 4.69. The average Bonchev–Trinajstić information content (AvgIpc) is 2.78. The number of halogens is 1. The molecule has 1 saturated heterocycles. The van der Waals surface area contributed by atoms with Gasteiger partial charge in [0.1, 0.15) is 5.75 Å². The predicted molar refractivity (Wildman–Crippen MR) is 73.8 cm³/mol. The SMILES string of the molecule is CCc1cc(OC)c2c(c1)[C@H]1CN(Cl)C[C@@H]1NC2=O. The molecule has 0 aliphatic carbocycles. The number of aryl methyl sites for hydroxylation is 1. The Morgan fingerprint density at radius 2 is 2.26 bits per heavy atom. The number of hydrogen-bond acceptors (Lipinski definition) is 3. The molecule has 1 aromatic rings. The van der Waals surface area contributed by atoms with E-state index < -0.39 is 0 Å². The molecule has 0 radical (unpaired) electrons. The second-order valence-electron chi connectivity index (χ2n) is 5.13. The molecular weight excluding hydrogens is 264 g/mol. The van der Waals surface area contributed by atoms with Crippen LogP contribution in [0.2, 0.25) is 0 Å². The van der Waals surface area contributed by atoms with Gasteiger partial charge >= 0.3 is 0 Å². The molecule has 3 rings (SSSR count). The Labute approximate surface area is 117 Å². The number of nitrogens with zero attached hydrogens (tertiary/aromatic N) is 1. The summed E-state index contributed by atoms with van der Waals surface area (Å²) in [6, 6.07) is 4.19. The predicted octanol–water partition coefficient (Wildman–Crippen LogP) is 1.92. The molecule has 2 heterocycles. The molecule has 2 atom stereocenters. The molecule has 2 aliphatic rings. The molecule has 1 fully saturated rings. The van der Waals surface area contributed by atoms with E-state index in [0.717, 1.165) is 18.5 Å². The number of methoxy groups -OCH3 is 1. The van der Waals surface area contributed by atoms with Crippen LogP contribution >= 0.6 is 11.8 Å². The molecule has 0 saturated carbocycles. The molecule has 102 valence electrons. The number of amides is 1. The molecule has 0 aromatic heterocycles. The van der Waals surface area contributed by atoms with Gasteiger partial charge in [-0.3, -0.25) is 4.79 Å². The number of ether oxygens (including phenoxy) is 1. The maximum absolute atomic E-state index is 12.3. The number of fused-ring (bicyclic) bond motifs is 3. The number of benzene rings is 1. The maximum atomic E-state index is 12.3. The number of rotatable bonds is 2. The van der Waals surface area contributed by atoms with Gasteiger partial charge in [-0.1, -0.05) is 13.0 Å². The van der Waals surface area contributed by atoms with Gasteiger partial charge in [0, 0.05) is 19.0 Å². The highest BCUT2D eigenvalue weighted by Gasteiger charge is 2.41. The van der Waals surface area contributed by atoms with Gasteiger partial charge in [-0.25, -0.2) is 4.42 Å². The fourth-order valence-corrected chi connectivity index (χ4v) is 3.35. The third-order valence-electron chi connectivity index (χ3n) is 4.04. The van der Waals surface area contributed by atoms with Gasteiger partial charge in [0.15, 0.2) is 0 Å². The second-order valence-corrected chi connectivity index (χ2v) is 5.61. The zero-order valence-electron chi connectivity index (χ0n) is 11.1. The van der Waals surface area contributed by atoms with Crippen molar-refractivity contribution >= 4 is 17.7 Å². The molecule has 1 amide bonds. The lowest BCUT2D eigenvalue weighted by Crippen LogP contribution is -2.44. The van der Waals surface area contributed by atoms with Crippen molar-refractivity contribution in [2.75, 3.05) is 20.2 Å². The molecule has 0 unspecified atom stereocenters. The van der Waals surface area contributed by atoms with Crippen LogP contribution in [0.4, 0.5) is 0 Å². The van der Waals surface area contributed by atoms with Gasteiger partial charge in [-0.05, 0) is 35.4 Å². The smallest absolute Gasteiger partial charge is 0.255 e. The molecular formula is C14H17ClN2O2. The lowest BCUT2D eigenvalue weighted by molar-refractivity contribution is 0.0920. The third kappa shape index (κ3) is 1.99. The van der Waals surface area contributed by atoms with Crippen LogP contribution in [0.1, 0.15) is 34.3 Å². The van der Waals surface area contributed by atoms with Crippen molar-refractivity contribution < 1.29 is 9.53 Å². The summed E-state index contributed by atoms with van der Waals surface area (Å²) in [4.78, 5) is 12.3. The monoisotopic (exact) mass is 280 g/mol. The van der Waals surface area contributed by atoms with E-state index in [4.69, 9.17) is 16.5 Å². The van der Waals surface area contributed by atoms with Gasteiger partial charge < -0.3 is 10.1 Å². The van der Waals surface area contributed by atoms with Crippen LogP contribution in [-0.4, -0.2) is 36.6 Å². The highest BCUT2D eigenvalue weighted by atomic mass is 35.5. The molecule has 2 aliphatic heterocycles. The first kappa shape index (κ1) is 12.8. The summed E-state index contributed by atoms with van der Waals surface area (Å²) in [5.74, 6) is 0.867. The van der Waals surface area contributed by atoms with Crippen molar-refractivity contribution in [3.05, 3.63) is 28.8 Å². The van der Waals surface area contributed by atoms with Crippen LogP contribution in [0, 0.1) is 0 Å². The van der Waals surface area contributed by atoms with E-state index in [-0.39, 0.29) is 17.9 Å². The van der Waals surface area contributed by atoms with Crippen LogP contribution in [-0.2, 0) is 6.42 Å². The Morgan fingerprint density at radius 1 is 1.47 bits per heavy atom. The minimum atomic E-state index is -0.0530. The largest absolute Gasteiger partial charge is 0.496 e. The van der Waals surface area contributed by atoms with Crippen molar-refractivity contribution in [1.82, 2.24) is 9.74 Å². The van der Waals surface area contributed by atoms with Crippen LogP contribution in [0.25, 0.3) is 0 Å². The standard InChI is InChI=1S/C14H17ClN2O2/c1-3-8-4-9-10-6-17(15)7-11(10)16-14(18)13(9)12(5-8)19-2/h4-5,10-11H,3,6-7H2,1-2H3,(H,16,18)/t10-,11+/m1/s1. The fourth-order valence-electron chi connectivity index (χ4n) is 3.05. The summed E-state index contributed by atoms with van der Waals surface area (Å²) in [5.41, 5.74) is 2.94. The molecule has 0 bridgehead atoms. The van der Waals surface area contributed by atoms with Gasteiger partial charge in [0.2, 0.25) is 0 Å². The summed E-state index contributed by atoms with van der Waals surface area (Å²) < 4.78 is 7.14. The van der Waals surface area contributed by atoms with E-state index in [1.54, 1.807) is 11.5 Å². The van der Waals surface area contributed by atoms with Crippen molar-refractivity contribution in [2.24, 2.45) is 0 Å². The lowest BCUT2D eigenvalue weighted by atomic mass is 9.84. The Kier molecular flexibility index (Phi) is 3.15. The summed E-state index contributed by atoms with van der Waals surface area (Å²) in [6.07, 6.45) is 0.924. The van der Waals surface area contributed by atoms with Crippen molar-refractivity contribution in [3.8, 4) is 5.75 Å². The first-order valence-electron chi connectivity index (χ1n) is 6.56. The Bertz CT molecular complexity index is 532. The Hall–Kier alpha value is -1.26. The van der Waals surface area contributed by atoms with E-state index in [1.165, 1.54) is 5.56 Å². The molecule has 1 aromatic carbocycles. The van der Waals surface area contributed by atoms with Gasteiger partial charge in [-0.2, -0.15) is 0 Å². The zero-order chi connectivity index (χ0) is 13.6. The maximum Gasteiger partial charge on any atom is 0.255 e. The van der Waals surface area contributed by atoms with Crippen LogP contribution < -0.4 is 10.1 Å². The van der Waals surface area contributed by atoms with Crippen molar-refractivity contribution in [2.45, 2.75) is 25.3 Å². The van der Waals surface area contributed by atoms with Gasteiger partial charge in [-0.15, -0.1) is 0 Å². The van der Waals surface area contributed by atoms with Gasteiger partial charge in [0.05, 0.1) is 18.7 Å². The van der Waals surface area contributed by atoms with Crippen LogP contribution in [0.3, 0.4) is 0 Å². The fraction of sp³-hybridized carbons (Fsp3) is 0.500. The number of carbonyl (C=O) groups is 1. The number of carbonyl (C=O) groups excluding carboxylic acids is 1. The average molecular weight is 281 g/mol. The molecule has 1 N–H and O–H groups in total. The Balaban J connectivity index is 2.15. The van der Waals surface area contributed by atoms with E-state index >= 15 is 0 Å². The third-order valence-corrected chi connectivity index (χ3v) is 4.31. The highest BCUT2D eigenvalue weighted by Crippen LogP contribution is 2.39.